The molecule has 27 heavy (non-hydrogen) atoms. The Labute approximate surface area is 156 Å². The van der Waals surface area contributed by atoms with E-state index >= 15 is 0 Å². The summed E-state index contributed by atoms with van der Waals surface area (Å²) in [5.41, 5.74) is 2.78. The minimum Gasteiger partial charge on any atom is -0.423 e. The van der Waals surface area contributed by atoms with Crippen LogP contribution >= 0.6 is 0 Å². The van der Waals surface area contributed by atoms with Crippen molar-refractivity contribution in [2.24, 2.45) is 0 Å². The van der Waals surface area contributed by atoms with Gasteiger partial charge in [-0.05, 0) is 42.0 Å². The van der Waals surface area contributed by atoms with Crippen molar-refractivity contribution in [3.8, 4) is 22.9 Å². The van der Waals surface area contributed by atoms with Crippen molar-refractivity contribution in [2.45, 2.75) is 6.92 Å². The van der Waals surface area contributed by atoms with Crippen LogP contribution < -0.4 is 10.1 Å². The fraction of sp³-hybridized carbons (Fsp3) is 0.0455. The van der Waals surface area contributed by atoms with Gasteiger partial charge in [0.2, 0.25) is 5.91 Å². The lowest BCUT2D eigenvalue weighted by atomic mass is 9.96. The predicted molar refractivity (Wildman–Crippen MR) is 102 cm³/mol. The zero-order valence-corrected chi connectivity index (χ0v) is 14.6. The van der Waals surface area contributed by atoms with Gasteiger partial charge in [0.25, 0.3) is 0 Å². The highest BCUT2D eigenvalue weighted by molar-refractivity contribution is 5.99. The second kappa shape index (κ2) is 7.98. The summed E-state index contributed by atoms with van der Waals surface area (Å²) >= 11 is 0. The number of rotatable bonds is 4. The molecule has 3 aromatic rings. The summed E-state index contributed by atoms with van der Waals surface area (Å²) in [5.74, 6) is -0.340. The van der Waals surface area contributed by atoms with Gasteiger partial charge in [-0.15, -0.1) is 0 Å². The van der Waals surface area contributed by atoms with E-state index < -0.39 is 5.97 Å². The molecule has 0 saturated carbocycles. The van der Waals surface area contributed by atoms with Gasteiger partial charge < -0.3 is 10.1 Å². The zero-order chi connectivity index (χ0) is 19.2. The highest BCUT2D eigenvalue weighted by Gasteiger charge is 2.16. The Hall–Kier alpha value is -3.91. The molecule has 0 bridgehead atoms. The van der Waals surface area contributed by atoms with E-state index in [9.17, 15) is 14.9 Å². The van der Waals surface area contributed by atoms with E-state index in [2.05, 4.69) is 11.4 Å². The normalized spacial score (nSPS) is 9.93. The number of nitrogens with one attached hydrogen (secondary N) is 1. The number of benzene rings is 3. The second-order valence-corrected chi connectivity index (χ2v) is 5.80. The molecular weight excluding hydrogens is 340 g/mol. The molecule has 0 radical (unpaired) electrons. The Morgan fingerprint density at radius 2 is 1.52 bits per heavy atom. The van der Waals surface area contributed by atoms with Crippen LogP contribution in [0, 0.1) is 11.3 Å². The first-order valence-electron chi connectivity index (χ1n) is 8.27. The van der Waals surface area contributed by atoms with Gasteiger partial charge in [-0.25, -0.2) is 4.79 Å². The Morgan fingerprint density at radius 1 is 0.889 bits per heavy atom. The first kappa shape index (κ1) is 17.9. The molecule has 3 aromatic carbocycles. The molecule has 1 amide bonds. The van der Waals surface area contributed by atoms with Gasteiger partial charge in [0.1, 0.15) is 5.75 Å². The minimum atomic E-state index is -0.523. The molecule has 0 aliphatic carbocycles. The molecule has 0 unspecified atom stereocenters. The first-order chi connectivity index (χ1) is 13.1. The van der Waals surface area contributed by atoms with E-state index in [0.29, 0.717) is 33.7 Å². The third-order valence-electron chi connectivity index (χ3n) is 3.87. The minimum absolute atomic E-state index is 0.176. The molecule has 0 fully saturated rings. The van der Waals surface area contributed by atoms with E-state index in [0.717, 1.165) is 0 Å². The van der Waals surface area contributed by atoms with E-state index in [4.69, 9.17) is 4.74 Å². The fourth-order valence-corrected chi connectivity index (χ4v) is 2.68. The van der Waals surface area contributed by atoms with Crippen molar-refractivity contribution in [2.75, 3.05) is 5.32 Å². The van der Waals surface area contributed by atoms with Crippen LogP contribution in [-0.2, 0) is 4.79 Å². The molecule has 132 valence electrons. The largest absolute Gasteiger partial charge is 0.423 e. The zero-order valence-electron chi connectivity index (χ0n) is 14.6. The molecule has 0 aromatic heterocycles. The van der Waals surface area contributed by atoms with Crippen LogP contribution in [0.4, 0.5) is 5.69 Å². The molecular formula is C22H16N2O3. The van der Waals surface area contributed by atoms with E-state index in [1.165, 1.54) is 6.92 Å². The molecule has 0 aliphatic heterocycles. The number of nitrogens with zero attached hydrogens (tertiary/aromatic N) is 1. The molecule has 0 heterocycles. The Bertz CT molecular complexity index is 1030. The summed E-state index contributed by atoms with van der Waals surface area (Å²) in [6.45, 7) is 1.42. The van der Waals surface area contributed by atoms with Crippen molar-refractivity contribution in [3.05, 3.63) is 83.9 Å². The SMILES string of the molecule is CC(=O)Nc1ccc(OC(=O)c2ccccc2-c2ccccc2C#N)cc1. The average molecular weight is 356 g/mol. The van der Waals surface area contributed by atoms with E-state index in [-0.39, 0.29) is 5.91 Å². The second-order valence-electron chi connectivity index (χ2n) is 5.80. The molecule has 0 saturated heterocycles. The van der Waals surface area contributed by atoms with Gasteiger partial charge in [0.15, 0.2) is 0 Å². The van der Waals surface area contributed by atoms with Gasteiger partial charge in [-0.1, -0.05) is 36.4 Å². The maximum atomic E-state index is 12.7. The highest BCUT2D eigenvalue weighted by Crippen LogP contribution is 2.28. The van der Waals surface area contributed by atoms with Crippen LogP contribution in [0.1, 0.15) is 22.8 Å². The molecule has 0 atom stereocenters. The van der Waals surface area contributed by atoms with Crippen LogP contribution in [0.25, 0.3) is 11.1 Å². The number of carbonyl (C=O) groups excluding carboxylic acids is 2. The van der Waals surface area contributed by atoms with Crippen molar-refractivity contribution < 1.29 is 14.3 Å². The monoisotopic (exact) mass is 356 g/mol. The number of esters is 1. The van der Waals surface area contributed by atoms with Gasteiger partial charge in [-0.3, -0.25) is 4.79 Å². The fourth-order valence-electron chi connectivity index (χ4n) is 2.68. The van der Waals surface area contributed by atoms with Crippen LogP contribution in [0.5, 0.6) is 5.75 Å². The smallest absolute Gasteiger partial charge is 0.344 e. The van der Waals surface area contributed by atoms with Gasteiger partial charge in [0.05, 0.1) is 17.2 Å². The van der Waals surface area contributed by atoms with Gasteiger partial charge >= 0.3 is 5.97 Å². The molecule has 3 rings (SSSR count). The van der Waals surface area contributed by atoms with Crippen LogP contribution in [0.15, 0.2) is 72.8 Å². The summed E-state index contributed by atoms with van der Waals surface area (Å²) in [5, 5.41) is 12.0. The number of carbonyl (C=O) groups is 2. The lowest BCUT2D eigenvalue weighted by molar-refractivity contribution is -0.114. The lowest BCUT2D eigenvalue weighted by Gasteiger charge is -2.11. The maximum Gasteiger partial charge on any atom is 0.344 e. The predicted octanol–water partition coefficient (Wildman–Crippen LogP) is 4.40. The van der Waals surface area contributed by atoms with Crippen molar-refractivity contribution in [1.29, 1.82) is 5.26 Å². The van der Waals surface area contributed by atoms with Crippen LogP contribution in [-0.4, -0.2) is 11.9 Å². The topological polar surface area (TPSA) is 79.2 Å². The van der Waals surface area contributed by atoms with Gasteiger partial charge in [0, 0.05) is 18.2 Å². The third kappa shape index (κ3) is 4.20. The average Bonchev–Trinajstić information content (AvgIpc) is 2.69. The summed E-state index contributed by atoms with van der Waals surface area (Å²) in [4.78, 5) is 23.8. The number of hydrogen-bond acceptors (Lipinski definition) is 4. The van der Waals surface area contributed by atoms with Crippen LogP contribution in [0.2, 0.25) is 0 Å². The quantitative estimate of drug-likeness (QED) is 0.555. The number of ether oxygens (including phenoxy) is 1. The van der Waals surface area contributed by atoms with E-state index in [1.807, 2.05) is 12.1 Å². The third-order valence-corrected chi connectivity index (χ3v) is 3.87. The number of nitriles is 1. The van der Waals surface area contributed by atoms with Gasteiger partial charge in [-0.2, -0.15) is 5.26 Å². The van der Waals surface area contributed by atoms with E-state index in [1.54, 1.807) is 60.7 Å². The summed E-state index contributed by atoms with van der Waals surface area (Å²) in [6, 6.07) is 22.8. The Morgan fingerprint density at radius 3 is 2.19 bits per heavy atom. The Kier molecular flexibility index (Phi) is 5.29. The Balaban J connectivity index is 1.88. The van der Waals surface area contributed by atoms with Crippen molar-refractivity contribution in [3.63, 3.8) is 0 Å². The molecule has 5 nitrogen and oxygen atoms in total. The summed E-state index contributed by atoms with van der Waals surface area (Å²) < 4.78 is 5.46. The summed E-state index contributed by atoms with van der Waals surface area (Å²) in [6.07, 6.45) is 0. The molecule has 0 aliphatic rings. The lowest BCUT2D eigenvalue weighted by Crippen LogP contribution is -2.10. The first-order valence-corrected chi connectivity index (χ1v) is 8.27. The van der Waals surface area contributed by atoms with Crippen molar-refractivity contribution >= 4 is 17.6 Å². The molecule has 5 heteroatoms. The molecule has 0 spiro atoms. The summed E-state index contributed by atoms with van der Waals surface area (Å²) in [7, 11) is 0. The van der Waals surface area contributed by atoms with Crippen molar-refractivity contribution in [1.82, 2.24) is 0 Å². The molecule has 1 N–H and O–H groups in total. The standard InChI is InChI=1S/C22H16N2O3/c1-15(25)24-17-10-12-18(13-11-17)27-22(26)21-9-5-4-8-20(21)19-7-3-2-6-16(19)14-23/h2-13H,1H3,(H,24,25). The maximum absolute atomic E-state index is 12.7. The number of amides is 1. The highest BCUT2D eigenvalue weighted by atomic mass is 16.5. The number of hydrogen-bond donors (Lipinski definition) is 1. The number of anilines is 1. The van der Waals surface area contributed by atoms with Crippen LogP contribution in [0.3, 0.4) is 0 Å².